The van der Waals surface area contributed by atoms with E-state index in [0.717, 1.165) is 16.7 Å². The zero-order valence-electron chi connectivity index (χ0n) is 11.3. The summed E-state index contributed by atoms with van der Waals surface area (Å²) in [7, 11) is 0. The van der Waals surface area contributed by atoms with E-state index in [9.17, 15) is 4.39 Å². The van der Waals surface area contributed by atoms with Crippen LogP contribution < -0.4 is 0 Å². The van der Waals surface area contributed by atoms with E-state index in [2.05, 4.69) is 12.1 Å². The second kappa shape index (κ2) is 6.11. The van der Waals surface area contributed by atoms with Gasteiger partial charge in [-0.3, -0.25) is 0 Å². The molecule has 0 bridgehead atoms. The molecule has 0 amide bonds. The van der Waals surface area contributed by atoms with E-state index in [1.54, 1.807) is 6.07 Å². The van der Waals surface area contributed by atoms with Crippen LogP contribution in [0.1, 0.15) is 16.5 Å². The molecule has 3 aromatic rings. The maximum Gasteiger partial charge on any atom is 0.123 e. The molecule has 0 nitrogen and oxygen atoms in total. The lowest BCUT2D eigenvalue weighted by molar-refractivity contribution is 0.626. The average Bonchev–Trinajstić information content (AvgIpc) is 2.55. The Kier molecular flexibility index (Phi) is 4.03. The van der Waals surface area contributed by atoms with Crippen LogP contribution in [0.4, 0.5) is 4.39 Å². The molecule has 0 spiro atoms. The molecule has 1 unspecified atom stereocenters. The Morgan fingerprint density at radius 2 is 1.33 bits per heavy atom. The van der Waals surface area contributed by atoms with Gasteiger partial charge in [-0.1, -0.05) is 66.7 Å². The number of halogens is 2. The van der Waals surface area contributed by atoms with Gasteiger partial charge in [-0.15, -0.1) is 11.6 Å². The topological polar surface area (TPSA) is 0 Å². The van der Waals surface area contributed by atoms with Gasteiger partial charge in [0.15, 0.2) is 0 Å². The molecule has 21 heavy (non-hydrogen) atoms. The lowest BCUT2D eigenvalue weighted by atomic mass is 10.00. The van der Waals surface area contributed by atoms with Crippen LogP contribution >= 0.6 is 11.6 Å². The molecule has 1 atom stereocenters. The lowest BCUT2D eigenvalue weighted by Crippen LogP contribution is -1.94. The number of benzene rings is 3. The van der Waals surface area contributed by atoms with Crippen LogP contribution in [0, 0.1) is 5.82 Å². The van der Waals surface area contributed by atoms with Gasteiger partial charge in [0.2, 0.25) is 0 Å². The van der Waals surface area contributed by atoms with Crippen LogP contribution in [-0.2, 0) is 0 Å². The molecule has 0 N–H and O–H groups in total. The summed E-state index contributed by atoms with van der Waals surface area (Å²) >= 11 is 6.44. The van der Waals surface area contributed by atoms with Crippen LogP contribution in [-0.4, -0.2) is 0 Å². The average molecular weight is 297 g/mol. The summed E-state index contributed by atoms with van der Waals surface area (Å²) < 4.78 is 13.3. The van der Waals surface area contributed by atoms with E-state index in [1.807, 2.05) is 48.5 Å². The Hall–Kier alpha value is -2.12. The number of hydrogen-bond donors (Lipinski definition) is 0. The molecule has 0 aromatic heterocycles. The first-order valence-corrected chi connectivity index (χ1v) is 7.22. The maximum atomic E-state index is 13.3. The summed E-state index contributed by atoms with van der Waals surface area (Å²) in [5, 5.41) is -0.342. The minimum atomic E-state index is -0.342. The Labute approximate surface area is 128 Å². The van der Waals surface area contributed by atoms with Crippen molar-refractivity contribution in [2.75, 3.05) is 0 Å². The first-order chi connectivity index (χ1) is 10.2. The Balaban J connectivity index is 1.87. The van der Waals surface area contributed by atoms with Gasteiger partial charge in [-0.25, -0.2) is 4.39 Å². The zero-order chi connectivity index (χ0) is 14.7. The smallest absolute Gasteiger partial charge is 0.123 e. The SMILES string of the molecule is Fc1cccc(C(Cl)c2ccc(-c3ccccc3)cc2)c1. The number of rotatable bonds is 3. The van der Waals surface area contributed by atoms with Gasteiger partial charge >= 0.3 is 0 Å². The summed E-state index contributed by atoms with van der Waals surface area (Å²) in [6.07, 6.45) is 0. The molecule has 3 aromatic carbocycles. The first kappa shape index (κ1) is 13.8. The minimum absolute atomic E-state index is 0.265. The molecule has 0 aliphatic heterocycles. The van der Waals surface area contributed by atoms with Crippen molar-refractivity contribution in [3.05, 3.63) is 95.8 Å². The molecule has 0 saturated heterocycles. The second-order valence-electron chi connectivity index (χ2n) is 4.91. The van der Waals surface area contributed by atoms with Crippen molar-refractivity contribution in [1.82, 2.24) is 0 Å². The highest BCUT2D eigenvalue weighted by Crippen LogP contribution is 2.30. The largest absolute Gasteiger partial charge is 0.207 e. The Morgan fingerprint density at radius 3 is 2.00 bits per heavy atom. The fourth-order valence-corrected chi connectivity index (χ4v) is 2.61. The highest BCUT2D eigenvalue weighted by atomic mass is 35.5. The predicted molar refractivity (Wildman–Crippen MR) is 86.0 cm³/mol. The van der Waals surface area contributed by atoms with Crippen molar-refractivity contribution in [1.29, 1.82) is 0 Å². The minimum Gasteiger partial charge on any atom is -0.207 e. The summed E-state index contributed by atoms with van der Waals surface area (Å²) in [5.74, 6) is -0.265. The van der Waals surface area contributed by atoms with Crippen molar-refractivity contribution in [3.8, 4) is 11.1 Å². The predicted octanol–water partition coefficient (Wildman–Crippen LogP) is 5.82. The standard InChI is InChI=1S/C19H14ClF/c20-19(17-7-4-8-18(21)13-17)16-11-9-15(10-12-16)14-5-2-1-3-6-14/h1-13,19H. The molecule has 0 heterocycles. The highest BCUT2D eigenvalue weighted by Gasteiger charge is 2.11. The van der Waals surface area contributed by atoms with E-state index in [4.69, 9.17) is 11.6 Å². The monoisotopic (exact) mass is 296 g/mol. The normalized spacial score (nSPS) is 12.1. The molecular weight excluding hydrogens is 283 g/mol. The third-order valence-corrected chi connectivity index (χ3v) is 3.96. The molecule has 2 heteroatoms. The molecule has 0 aliphatic carbocycles. The van der Waals surface area contributed by atoms with Crippen LogP contribution in [0.25, 0.3) is 11.1 Å². The van der Waals surface area contributed by atoms with Crippen molar-refractivity contribution < 1.29 is 4.39 Å². The van der Waals surface area contributed by atoms with Crippen LogP contribution in [0.5, 0.6) is 0 Å². The number of hydrogen-bond acceptors (Lipinski definition) is 0. The molecular formula is C19H14ClF. The Bertz CT molecular complexity index is 720. The second-order valence-corrected chi connectivity index (χ2v) is 5.34. The maximum absolute atomic E-state index is 13.3. The van der Waals surface area contributed by atoms with Gasteiger partial charge in [-0.05, 0) is 34.4 Å². The van der Waals surface area contributed by atoms with Crippen molar-refractivity contribution >= 4 is 11.6 Å². The molecule has 104 valence electrons. The van der Waals surface area contributed by atoms with E-state index < -0.39 is 0 Å². The quantitative estimate of drug-likeness (QED) is 0.534. The van der Waals surface area contributed by atoms with Gasteiger partial charge in [0.1, 0.15) is 5.82 Å². The first-order valence-electron chi connectivity index (χ1n) is 6.79. The van der Waals surface area contributed by atoms with E-state index in [-0.39, 0.29) is 11.2 Å². The molecule has 0 radical (unpaired) electrons. The van der Waals surface area contributed by atoms with Gasteiger partial charge in [0.05, 0.1) is 5.38 Å². The molecule has 0 saturated carbocycles. The number of alkyl halides is 1. The van der Waals surface area contributed by atoms with Crippen molar-refractivity contribution in [2.45, 2.75) is 5.38 Å². The fraction of sp³-hybridized carbons (Fsp3) is 0.0526. The van der Waals surface area contributed by atoms with Gasteiger partial charge in [-0.2, -0.15) is 0 Å². The third kappa shape index (κ3) is 3.14. The van der Waals surface area contributed by atoms with Gasteiger partial charge < -0.3 is 0 Å². The lowest BCUT2D eigenvalue weighted by Gasteiger charge is -2.11. The fourth-order valence-electron chi connectivity index (χ4n) is 2.33. The van der Waals surface area contributed by atoms with E-state index in [1.165, 1.54) is 17.7 Å². The van der Waals surface area contributed by atoms with E-state index >= 15 is 0 Å². The van der Waals surface area contributed by atoms with Gasteiger partial charge in [0.25, 0.3) is 0 Å². The zero-order valence-corrected chi connectivity index (χ0v) is 12.1. The summed E-state index contributed by atoms with van der Waals surface area (Å²) in [4.78, 5) is 0. The van der Waals surface area contributed by atoms with Crippen molar-refractivity contribution in [2.24, 2.45) is 0 Å². The summed E-state index contributed by atoms with van der Waals surface area (Å²) in [6.45, 7) is 0. The van der Waals surface area contributed by atoms with Crippen LogP contribution in [0.3, 0.4) is 0 Å². The van der Waals surface area contributed by atoms with Crippen LogP contribution in [0.2, 0.25) is 0 Å². The van der Waals surface area contributed by atoms with Gasteiger partial charge in [0, 0.05) is 0 Å². The molecule has 0 aliphatic rings. The van der Waals surface area contributed by atoms with E-state index in [0.29, 0.717) is 0 Å². The van der Waals surface area contributed by atoms with Crippen LogP contribution in [0.15, 0.2) is 78.9 Å². The molecule has 0 fully saturated rings. The summed E-state index contributed by atoms with van der Waals surface area (Å²) in [5.41, 5.74) is 4.04. The highest BCUT2D eigenvalue weighted by molar-refractivity contribution is 6.22. The molecule has 3 rings (SSSR count). The summed E-state index contributed by atoms with van der Waals surface area (Å²) in [6, 6.07) is 24.6. The van der Waals surface area contributed by atoms with Crippen molar-refractivity contribution in [3.63, 3.8) is 0 Å². The third-order valence-electron chi connectivity index (χ3n) is 3.45. The Morgan fingerprint density at radius 1 is 0.667 bits per heavy atom.